The second kappa shape index (κ2) is 6.03. The molecule has 0 fully saturated rings. The lowest BCUT2D eigenvalue weighted by Gasteiger charge is -2.24. The topological polar surface area (TPSA) is 46.2 Å². The molecule has 0 aliphatic rings. The molecule has 10 heteroatoms. The standard InChI is InChI=1S/C9H8Cl4FNO2S2/c1-19(16,17)15-6-2-4-7(5-3-6)18-9(12,13)8(10,11)14/h2-5,15H,1H3. The molecule has 0 saturated heterocycles. The third kappa shape index (κ3) is 5.73. The maximum absolute atomic E-state index is 13.3. The summed E-state index contributed by atoms with van der Waals surface area (Å²) in [5.41, 5.74) is 0.352. The van der Waals surface area contributed by atoms with Gasteiger partial charge in [0.15, 0.2) is 0 Å². The average molecular weight is 387 g/mol. The van der Waals surface area contributed by atoms with Gasteiger partial charge in [0.05, 0.1) is 6.26 Å². The highest BCUT2D eigenvalue weighted by atomic mass is 35.5. The van der Waals surface area contributed by atoms with Crippen LogP contribution in [0.25, 0.3) is 0 Å². The van der Waals surface area contributed by atoms with E-state index in [1.165, 1.54) is 24.3 Å². The number of benzene rings is 1. The fourth-order valence-corrected chi connectivity index (χ4v) is 3.03. The quantitative estimate of drug-likeness (QED) is 0.603. The molecule has 0 aliphatic carbocycles. The van der Waals surface area contributed by atoms with Gasteiger partial charge in [-0.15, -0.1) is 0 Å². The predicted molar refractivity (Wildman–Crippen MR) is 80.7 cm³/mol. The minimum absolute atomic E-state index is 0.352. The van der Waals surface area contributed by atoms with Gasteiger partial charge < -0.3 is 0 Å². The van der Waals surface area contributed by atoms with E-state index in [4.69, 9.17) is 46.4 Å². The Morgan fingerprint density at radius 1 is 1.16 bits per heavy atom. The summed E-state index contributed by atoms with van der Waals surface area (Å²) in [6, 6.07) is 5.93. The Morgan fingerprint density at radius 2 is 1.63 bits per heavy atom. The Labute approximate surface area is 134 Å². The first kappa shape index (κ1) is 17.5. The van der Waals surface area contributed by atoms with Crippen molar-refractivity contribution in [3.8, 4) is 0 Å². The van der Waals surface area contributed by atoms with Crippen LogP contribution in [0, 0.1) is 0 Å². The summed E-state index contributed by atoms with van der Waals surface area (Å²) in [6.07, 6.45) is 1.02. The summed E-state index contributed by atoms with van der Waals surface area (Å²) >= 11 is 22.5. The third-order valence-electron chi connectivity index (χ3n) is 1.73. The highest BCUT2D eigenvalue weighted by Gasteiger charge is 2.49. The molecule has 1 N–H and O–H groups in total. The Balaban J connectivity index is 2.84. The third-order valence-corrected chi connectivity index (χ3v) is 5.55. The lowest BCUT2D eigenvalue weighted by Crippen LogP contribution is -2.27. The minimum Gasteiger partial charge on any atom is -0.284 e. The highest BCUT2D eigenvalue weighted by Crippen LogP contribution is 2.53. The Hall–Kier alpha value is 0.410. The SMILES string of the molecule is CS(=O)(=O)Nc1ccc(SC(Cl)(Cl)C(F)(Cl)Cl)cc1. The molecule has 1 aromatic rings. The summed E-state index contributed by atoms with van der Waals surface area (Å²) in [7, 11) is -3.36. The van der Waals surface area contributed by atoms with Crippen LogP contribution in [0.4, 0.5) is 10.1 Å². The maximum atomic E-state index is 13.3. The lowest BCUT2D eigenvalue weighted by atomic mass is 10.3. The Bertz CT molecular complexity index is 542. The molecule has 0 heterocycles. The number of hydrogen-bond acceptors (Lipinski definition) is 3. The molecule has 0 amide bonds. The number of anilines is 1. The van der Waals surface area contributed by atoms with Crippen molar-refractivity contribution >= 4 is 73.9 Å². The van der Waals surface area contributed by atoms with Crippen LogP contribution >= 0.6 is 58.2 Å². The van der Waals surface area contributed by atoms with E-state index in [0.29, 0.717) is 22.3 Å². The van der Waals surface area contributed by atoms with Crippen molar-refractivity contribution in [1.29, 1.82) is 0 Å². The molecule has 0 atom stereocenters. The van der Waals surface area contributed by atoms with E-state index in [9.17, 15) is 12.8 Å². The van der Waals surface area contributed by atoms with Gasteiger partial charge in [-0.2, -0.15) is 0 Å². The van der Waals surface area contributed by atoms with Crippen LogP contribution in [0.3, 0.4) is 0 Å². The van der Waals surface area contributed by atoms with Crippen LogP contribution in [0.5, 0.6) is 0 Å². The summed E-state index contributed by atoms with van der Waals surface area (Å²) in [5, 5.41) is 0. The van der Waals surface area contributed by atoms with Gasteiger partial charge in [-0.3, -0.25) is 4.72 Å². The zero-order chi connectivity index (χ0) is 14.9. The van der Waals surface area contributed by atoms with Gasteiger partial charge in [0.1, 0.15) is 0 Å². The average Bonchev–Trinajstić information content (AvgIpc) is 2.16. The van der Waals surface area contributed by atoms with Crippen LogP contribution in [0.15, 0.2) is 29.2 Å². The molecule has 108 valence electrons. The molecule has 0 spiro atoms. The first-order valence-corrected chi connectivity index (χ1v) is 8.84. The molecule has 0 unspecified atom stereocenters. The first-order chi connectivity index (χ1) is 8.41. The van der Waals surface area contributed by atoms with Crippen LogP contribution in [0.2, 0.25) is 0 Å². The molecule has 3 nitrogen and oxygen atoms in total. The molecule has 0 radical (unpaired) electrons. The van der Waals surface area contributed by atoms with E-state index >= 15 is 0 Å². The Kier molecular flexibility index (Phi) is 5.55. The normalized spacial score (nSPS) is 13.4. The van der Waals surface area contributed by atoms with Gasteiger partial charge in [0.2, 0.25) is 13.7 Å². The molecular formula is C9H8Cl4FNO2S2. The smallest absolute Gasteiger partial charge is 0.284 e. The number of alkyl halides is 5. The molecule has 1 rings (SSSR count). The number of hydrogen-bond donors (Lipinski definition) is 1. The molecule has 0 saturated carbocycles. The van der Waals surface area contributed by atoms with E-state index in [-0.39, 0.29) is 0 Å². The highest BCUT2D eigenvalue weighted by molar-refractivity contribution is 8.03. The fraction of sp³-hybridized carbons (Fsp3) is 0.333. The van der Waals surface area contributed by atoms with E-state index in [2.05, 4.69) is 4.72 Å². The van der Waals surface area contributed by atoms with Gasteiger partial charge in [0, 0.05) is 10.6 Å². The zero-order valence-corrected chi connectivity index (χ0v) is 14.0. The second-order valence-electron chi connectivity index (χ2n) is 3.52. The van der Waals surface area contributed by atoms with Crippen LogP contribution < -0.4 is 4.72 Å². The van der Waals surface area contributed by atoms with Crippen molar-refractivity contribution in [2.75, 3.05) is 11.0 Å². The van der Waals surface area contributed by atoms with Gasteiger partial charge in [0.25, 0.3) is 4.59 Å². The minimum atomic E-state index is -3.36. The molecule has 1 aromatic carbocycles. The van der Waals surface area contributed by atoms with Crippen molar-refractivity contribution in [2.45, 2.75) is 13.1 Å². The van der Waals surface area contributed by atoms with Crippen molar-refractivity contribution in [3.63, 3.8) is 0 Å². The molecule has 0 aromatic heterocycles. The molecule has 19 heavy (non-hydrogen) atoms. The number of nitrogens with one attached hydrogen (secondary N) is 1. The van der Waals surface area contributed by atoms with E-state index < -0.39 is 18.3 Å². The first-order valence-electron chi connectivity index (χ1n) is 4.62. The largest absolute Gasteiger partial charge is 0.300 e. The van der Waals surface area contributed by atoms with Crippen LogP contribution in [-0.4, -0.2) is 22.9 Å². The lowest BCUT2D eigenvalue weighted by molar-refractivity contribution is 0.401. The summed E-state index contributed by atoms with van der Waals surface area (Å²) in [4.78, 5) is 0.465. The number of halogens is 5. The van der Waals surface area contributed by atoms with Crippen LogP contribution in [-0.2, 0) is 10.0 Å². The van der Waals surface area contributed by atoms with Gasteiger partial charge in [-0.25, -0.2) is 12.8 Å². The predicted octanol–water partition coefficient (Wildman–Crippen LogP) is 4.38. The van der Waals surface area contributed by atoms with Crippen molar-refractivity contribution in [1.82, 2.24) is 0 Å². The monoisotopic (exact) mass is 385 g/mol. The van der Waals surface area contributed by atoms with Crippen molar-refractivity contribution < 1.29 is 12.8 Å². The van der Waals surface area contributed by atoms with Crippen LogP contribution in [0.1, 0.15) is 0 Å². The summed E-state index contributed by atoms with van der Waals surface area (Å²) < 4.78 is 32.6. The van der Waals surface area contributed by atoms with E-state index in [0.717, 1.165) is 6.26 Å². The fourth-order valence-electron chi connectivity index (χ4n) is 1.01. The molecule has 0 aliphatic heterocycles. The van der Waals surface area contributed by atoms with E-state index in [1.807, 2.05) is 0 Å². The maximum Gasteiger partial charge on any atom is 0.300 e. The zero-order valence-electron chi connectivity index (χ0n) is 9.33. The van der Waals surface area contributed by atoms with Crippen molar-refractivity contribution in [3.05, 3.63) is 24.3 Å². The summed E-state index contributed by atoms with van der Waals surface area (Å²) in [6.45, 7) is 0. The summed E-state index contributed by atoms with van der Waals surface area (Å²) in [5.74, 6) is 0. The second-order valence-corrected chi connectivity index (χ2v) is 9.56. The Morgan fingerprint density at radius 3 is 2.00 bits per heavy atom. The number of thioether (sulfide) groups is 1. The number of sulfonamides is 1. The van der Waals surface area contributed by atoms with Gasteiger partial charge in [-0.1, -0.05) is 58.2 Å². The molecular weight excluding hydrogens is 379 g/mol. The molecule has 0 bridgehead atoms. The number of rotatable bonds is 5. The van der Waals surface area contributed by atoms with E-state index in [1.54, 1.807) is 0 Å². The van der Waals surface area contributed by atoms with Gasteiger partial charge >= 0.3 is 0 Å². The van der Waals surface area contributed by atoms with Crippen molar-refractivity contribution in [2.24, 2.45) is 0 Å². The van der Waals surface area contributed by atoms with Gasteiger partial charge in [-0.05, 0) is 24.3 Å².